The van der Waals surface area contributed by atoms with E-state index in [1.807, 2.05) is 57.2 Å². The molecule has 0 unspecified atom stereocenters. The highest BCUT2D eigenvalue weighted by Crippen LogP contribution is 2.24. The van der Waals surface area contributed by atoms with Gasteiger partial charge in [-0.05, 0) is 80.8 Å². The molecule has 7 heteroatoms. The number of benzene rings is 1. The zero-order valence-electron chi connectivity index (χ0n) is 19.8. The molecule has 0 fully saturated rings. The number of allylic oxidation sites excluding steroid dienone is 3. The van der Waals surface area contributed by atoms with Gasteiger partial charge in [-0.2, -0.15) is 0 Å². The molecule has 0 radical (unpaired) electrons. The second-order valence-corrected chi connectivity index (χ2v) is 7.74. The van der Waals surface area contributed by atoms with E-state index in [9.17, 15) is 9.59 Å². The number of aryl methyl sites for hydroxylation is 1. The van der Waals surface area contributed by atoms with Crippen LogP contribution in [0.3, 0.4) is 0 Å². The third-order valence-corrected chi connectivity index (χ3v) is 5.26. The molecule has 3 rings (SSSR count). The number of hydrogen-bond acceptors (Lipinski definition) is 5. The molecule has 7 nitrogen and oxygen atoms in total. The molecular formula is C27H29N5O2. The summed E-state index contributed by atoms with van der Waals surface area (Å²) in [5.74, 6) is 0.257. The molecule has 0 aliphatic carbocycles. The molecule has 2 heterocycles. The zero-order valence-corrected chi connectivity index (χ0v) is 19.8. The number of aromatic amines is 1. The van der Waals surface area contributed by atoms with Gasteiger partial charge in [-0.15, -0.1) is 0 Å². The standard InChI is InChI=1S/C27H29N5O2/c1-5-9-23(20-10-7-14-28-17-20)31-25(18(3)6-2)32-24-16-21(13-12-19(24)4)30-27(34)22-11-8-15-29-26(22)33/h5,7-17,32H,6H2,1-4H3,(H,29,33)(H,30,34)/b9-5-,25-18-,31-23+. The Morgan fingerprint density at radius 3 is 2.68 bits per heavy atom. The van der Waals surface area contributed by atoms with Crippen molar-refractivity contribution in [1.82, 2.24) is 9.97 Å². The van der Waals surface area contributed by atoms with E-state index in [0.717, 1.165) is 40.3 Å². The van der Waals surface area contributed by atoms with Gasteiger partial charge in [0.05, 0.1) is 5.71 Å². The minimum absolute atomic E-state index is 0.0528. The van der Waals surface area contributed by atoms with Crippen LogP contribution in [0.5, 0.6) is 0 Å². The molecule has 3 aromatic rings. The van der Waals surface area contributed by atoms with E-state index in [2.05, 4.69) is 27.5 Å². The van der Waals surface area contributed by atoms with Crippen molar-refractivity contribution in [2.24, 2.45) is 4.99 Å². The number of pyridine rings is 2. The van der Waals surface area contributed by atoms with Crippen LogP contribution in [0, 0.1) is 6.92 Å². The summed E-state index contributed by atoms with van der Waals surface area (Å²) >= 11 is 0. The normalized spacial score (nSPS) is 12.4. The van der Waals surface area contributed by atoms with Crippen LogP contribution in [0.1, 0.15) is 48.7 Å². The highest BCUT2D eigenvalue weighted by molar-refractivity contribution is 6.09. The summed E-state index contributed by atoms with van der Waals surface area (Å²) in [5.41, 5.74) is 4.76. The van der Waals surface area contributed by atoms with Gasteiger partial charge < -0.3 is 15.6 Å². The maximum absolute atomic E-state index is 12.6. The zero-order chi connectivity index (χ0) is 24.5. The lowest BCUT2D eigenvalue weighted by molar-refractivity contribution is 0.102. The second-order valence-electron chi connectivity index (χ2n) is 7.74. The van der Waals surface area contributed by atoms with Gasteiger partial charge >= 0.3 is 0 Å². The molecule has 0 aliphatic heterocycles. The van der Waals surface area contributed by atoms with Crippen LogP contribution in [0.25, 0.3) is 0 Å². The van der Waals surface area contributed by atoms with E-state index >= 15 is 0 Å². The molecule has 1 amide bonds. The first-order valence-corrected chi connectivity index (χ1v) is 11.1. The van der Waals surface area contributed by atoms with Crippen LogP contribution in [-0.4, -0.2) is 21.6 Å². The van der Waals surface area contributed by atoms with E-state index in [4.69, 9.17) is 4.99 Å². The fraction of sp³-hybridized carbons (Fsp3) is 0.185. The number of nitrogens with one attached hydrogen (secondary N) is 3. The highest BCUT2D eigenvalue weighted by atomic mass is 16.2. The number of anilines is 2. The van der Waals surface area contributed by atoms with Gasteiger partial charge in [-0.1, -0.05) is 19.1 Å². The second kappa shape index (κ2) is 11.6. The number of aromatic nitrogens is 2. The van der Waals surface area contributed by atoms with Gasteiger partial charge in [0.25, 0.3) is 11.5 Å². The molecule has 0 saturated heterocycles. The molecule has 1 aromatic carbocycles. The molecule has 2 aromatic heterocycles. The van der Waals surface area contributed by atoms with Crippen molar-refractivity contribution in [3.05, 3.63) is 112 Å². The minimum atomic E-state index is -0.470. The summed E-state index contributed by atoms with van der Waals surface area (Å²) in [6.45, 7) is 8.04. The van der Waals surface area contributed by atoms with Gasteiger partial charge in [0.1, 0.15) is 11.4 Å². The van der Waals surface area contributed by atoms with Crippen LogP contribution in [0.15, 0.2) is 94.4 Å². The number of aliphatic imine (C=N–C) groups is 1. The average Bonchev–Trinajstić information content (AvgIpc) is 2.85. The molecular weight excluding hydrogens is 426 g/mol. The number of hydrogen-bond donors (Lipinski definition) is 3. The third kappa shape index (κ3) is 6.16. The Labute approximate surface area is 199 Å². The van der Waals surface area contributed by atoms with E-state index in [0.29, 0.717) is 5.69 Å². The highest BCUT2D eigenvalue weighted by Gasteiger charge is 2.12. The van der Waals surface area contributed by atoms with Crippen LogP contribution >= 0.6 is 0 Å². The average molecular weight is 456 g/mol. The number of nitrogens with zero attached hydrogens (tertiary/aromatic N) is 2. The van der Waals surface area contributed by atoms with Gasteiger partial charge in [-0.3, -0.25) is 14.6 Å². The molecule has 0 saturated carbocycles. The summed E-state index contributed by atoms with van der Waals surface area (Å²) < 4.78 is 0. The topological polar surface area (TPSA) is 99.2 Å². The first-order valence-electron chi connectivity index (χ1n) is 11.1. The fourth-order valence-corrected chi connectivity index (χ4v) is 3.15. The van der Waals surface area contributed by atoms with Crippen molar-refractivity contribution in [3.8, 4) is 0 Å². The van der Waals surface area contributed by atoms with E-state index < -0.39 is 11.5 Å². The van der Waals surface area contributed by atoms with E-state index in [1.54, 1.807) is 24.5 Å². The summed E-state index contributed by atoms with van der Waals surface area (Å²) in [7, 11) is 0. The Kier molecular flexibility index (Phi) is 8.29. The number of H-pyrrole nitrogens is 1. The summed E-state index contributed by atoms with van der Waals surface area (Å²) in [5, 5.41) is 6.24. The predicted molar refractivity (Wildman–Crippen MR) is 138 cm³/mol. The predicted octanol–water partition coefficient (Wildman–Crippen LogP) is 5.45. The molecule has 0 atom stereocenters. The van der Waals surface area contributed by atoms with Crippen LogP contribution in [0.2, 0.25) is 0 Å². The maximum Gasteiger partial charge on any atom is 0.261 e. The third-order valence-electron chi connectivity index (χ3n) is 5.26. The van der Waals surface area contributed by atoms with Crippen LogP contribution in [0.4, 0.5) is 11.4 Å². The van der Waals surface area contributed by atoms with Crippen molar-refractivity contribution in [2.75, 3.05) is 10.6 Å². The number of carbonyl (C=O) groups excluding carboxylic acids is 1. The number of amides is 1. The monoisotopic (exact) mass is 455 g/mol. The van der Waals surface area contributed by atoms with Crippen molar-refractivity contribution in [2.45, 2.75) is 34.1 Å². The molecule has 0 spiro atoms. The largest absolute Gasteiger partial charge is 0.340 e. The molecule has 174 valence electrons. The molecule has 0 bridgehead atoms. The Bertz CT molecular complexity index is 1300. The number of rotatable bonds is 8. The molecule has 3 N–H and O–H groups in total. The summed E-state index contributed by atoms with van der Waals surface area (Å²) in [4.78, 5) is 36.2. The van der Waals surface area contributed by atoms with Crippen LogP contribution < -0.4 is 16.2 Å². The van der Waals surface area contributed by atoms with Gasteiger partial charge in [0, 0.05) is 35.5 Å². The molecule has 0 aliphatic rings. The Balaban J connectivity index is 1.94. The smallest absolute Gasteiger partial charge is 0.261 e. The lowest BCUT2D eigenvalue weighted by atomic mass is 10.1. The first-order chi connectivity index (χ1) is 16.4. The molecule has 34 heavy (non-hydrogen) atoms. The van der Waals surface area contributed by atoms with Crippen LogP contribution in [-0.2, 0) is 0 Å². The summed E-state index contributed by atoms with van der Waals surface area (Å²) in [6, 6.07) is 12.5. The van der Waals surface area contributed by atoms with Gasteiger partial charge in [0.15, 0.2) is 0 Å². The number of carbonyl (C=O) groups is 1. The lowest BCUT2D eigenvalue weighted by Gasteiger charge is -2.15. The Morgan fingerprint density at radius 2 is 2.00 bits per heavy atom. The van der Waals surface area contributed by atoms with Crippen molar-refractivity contribution < 1.29 is 4.79 Å². The maximum atomic E-state index is 12.6. The van der Waals surface area contributed by atoms with E-state index in [1.165, 1.54) is 12.3 Å². The van der Waals surface area contributed by atoms with E-state index in [-0.39, 0.29) is 5.56 Å². The van der Waals surface area contributed by atoms with Crippen molar-refractivity contribution >= 4 is 23.0 Å². The van der Waals surface area contributed by atoms with Gasteiger partial charge in [-0.25, -0.2) is 4.99 Å². The quantitative estimate of drug-likeness (QED) is 0.393. The summed E-state index contributed by atoms with van der Waals surface area (Å²) in [6.07, 6.45) is 9.71. The lowest BCUT2D eigenvalue weighted by Crippen LogP contribution is -2.22. The van der Waals surface area contributed by atoms with Gasteiger partial charge in [0.2, 0.25) is 0 Å². The SMILES string of the molecule is C\C=C/C(=N\C(Nc1cc(NC(=O)c2ccc[nH]c2=O)ccc1C)=C(/C)CC)c1cccnc1. The minimum Gasteiger partial charge on any atom is -0.340 e. The fourth-order valence-electron chi connectivity index (χ4n) is 3.15. The first kappa shape index (κ1) is 24.4. The van der Waals surface area contributed by atoms with Crippen molar-refractivity contribution in [3.63, 3.8) is 0 Å². The Morgan fingerprint density at radius 1 is 1.18 bits per heavy atom. The van der Waals surface area contributed by atoms with Crippen molar-refractivity contribution in [1.29, 1.82) is 0 Å². The Hall–Kier alpha value is -4.26.